The topological polar surface area (TPSA) is 75.4 Å². The monoisotopic (exact) mass is 328 g/mol. The number of aromatic nitrogens is 1. The number of nitrogens with zero attached hydrogens (tertiary/aromatic N) is 1. The first-order chi connectivity index (χ1) is 11.1. The average molecular weight is 328 g/mol. The Morgan fingerprint density at radius 1 is 1.35 bits per heavy atom. The van der Waals surface area contributed by atoms with Gasteiger partial charge in [-0.15, -0.1) is 11.3 Å². The van der Waals surface area contributed by atoms with Gasteiger partial charge in [0.2, 0.25) is 0 Å². The minimum absolute atomic E-state index is 0.0673. The summed E-state index contributed by atoms with van der Waals surface area (Å²) in [6.07, 6.45) is 1.42. The van der Waals surface area contributed by atoms with Crippen molar-refractivity contribution in [2.45, 2.75) is 20.5 Å². The number of benzene rings is 1. The molecule has 0 spiro atoms. The van der Waals surface area contributed by atoms with Gasteiger partial charge in [-0.3, -0.25) is 4.79 Å². The lowest BCUT2D eigenvalue weighted by Crippen LogP contribution is -2.12. The lowest BCUT2D eigenvalue weighted by molar-refractivity contribution is 0.102. The number of thiazole rings is 1. The molecule has 5 nitrogen and oxygen atoms in total. The van der Waals surface area contributed by atoms with E-state index < -0.39 is 0 Å². The molecule has 2 heterocycles. The van der Waals surface area contributed by atoms with Gasteiger partial charge >= 0.3 is 0 Å². The van der Waals surface area contributed by atoms with Gasteiger partial charge in [0, 0.05) is 11.1 Å². The number of nitrogens with one attached hydrogen (secondary N) is 1. The molecule has 0 radical (unpaired) electrons. The Labute approximate surface area is 137 Å². The molecule has 1 amide bonds. The molecule has 3 rings (SSSR count). The van der Waals surface area contributed by atoms with Crippen LogP contribution in [0.4, 0.5) is 5.69 Å². The molecule has 0 saturated carbocycles. The number of rotatable bonds is 4. The van der Waals surface area contributed by atoms with Crippen LogP contribution in [0, 0.1) is 13.8 Å². The predicted molar refractivity (Wildman–Crippen MR) is 89.6 cm³/mol. The van der Waals surface area contributed by atoms with Crippen LogP contribution < -0.4 is 5.32 Å². The highest BCUT2D eigenvalue weighted by Crippen LogP contribution is 2.25. The third-order valence-corrected chi connectivity index (χ3v) is 4.24. The van der Waals surface area contributed by atoms with Gasteiger partial charge in [-0.25, -0.2) is 4.98 Å². The van der Waals surface area contributed by atoms with Gasteiger partial charge in [-0.1, -0.05) is 12.1 Å². The number of carbonyl (C=O) groups excluding carboxylic acids is 1. The fourth-order valence-electron chi connectivity index (χ4n) is 2.16. The maximum atomic E-state index is 12.4. The maximum absolute atomic E-state index is 12.4. The van der Waals surface area contributed by atoms with Crippen molar-refractivity contribution in [3.63, 3.8) is 0 Å². The van der Waals surface area contributed by atoms with Crippen LogP contribution in [0.25, 0.3) is 11.5 Å². The second kappa shape index (κ2) is 6.36. The molecule has 6 heteroatoms. The van der Waals surface area contributed by atoms with Crippen molar-refractivity contribution in [2.75, 3.05) is 5.32 Å². The predicted octanol–water partition coefficient (Wildman–Crippen LogP) is 3.76. The SMILES string of the molecule is Cc1nc(-c2cc(C(=O)Nc3cc(CO)ccc3C)co2)cs1. The van der Waals surface area contributed by atoms with Crippen molar-refractivity contribution in [3.05, 3.63) is 57.6 Å². The molecule has 0 fully saturated rings. The second-order valence-corrected chi connectivity index (χ2v) is 6.28. The van der Waals surface area contributed by atoms with Crippen LogP contribution in [0.15, 0.2) is 40.3 Å². The molecule has 0 aliphatic carbocycles. The molecule has 0 aliphatic rings. The van der Waals surface area contributed by atoms with Gasteiger partial charge in [0.25, 0.3) is 5.91 Å². The minimum Gasteiger partial charge on any atom is -0.462 e. The third-order valence-electron chi connectivity index (χ3n) is 3.47. The average Bonchev–Trinajstić information content (AvgIpc) is 3.18. The van der Waals surface area contributed by atoms with Gasteiger partial charge in [-0.05, 0) is 37.1 Å². The van der Waals surface area contributed by atoms with Crippen LogP contribution in [-0.4, -0.2) is 16.0 Å². The third kappa shape index (κ3) is 3.33. The smallest absolute Gasteiger partial charge is 0.258 e. The first kappa shape index (κ1) is 15.5. The zero-order valence-corrected chi connectivity index (χ0v) is 13.6. The molecular formula is C17H16N2O3S. The highest BCUT2D eigenvalue weighted by molar-refractivity contribution is 7.09. The Morgan fingerprint density at radius 3 is 2.87 bits per heavy atom. The summed E-state index contributed by atoms with van der Waals surface area (Å²) >= 11 is 1.53. The van der Waals surface area contributed by atoms with Gasteiger partial charge in [0.1, 0.15) is 12.0 Å². The van der Waals surface area contributed by atoms with Gasteiger partial charge in [0.15, 0.2) is 5.76 Å². The van der Waals surface area contributed by atoms with Gasteiger partial charge < -0.3 is 14.8 Å². The van der Waals surface area contributed by atoms with Crippen LogP contribution in [0.2, 0.25) is 0 Å². The lowest BCUT2D eigenvalue weighted by atomic mass is 10.1. The fraction of sp³-hybridized carbons (Fsp3) is 0.176. The summed E-state index contributed by atoms with van der Waals surface area (Å²) in [4.78, 5) is 16.7. The molecular weight excluding hydrogens is 312 g/mol. The second-order valence-electron chi connectivity index (χ2n) is 5.21. The quantitative estimate of drug-likeness (QED) is 0.764. The summed E-state index contributed by atoms with van der Waals surface area (Å²) in [5.41, 5.74) is 3.50. The molecule has 23 heavy (non-hydrogen) atoms. The maximum Gasteiger partial charge on any atom is 0.258 e. The fourth-order valence-corrected chi connectivity index (χ4v) is 2.76. The number of hydrogen-bond donors (Lipinski definition) is 2. The Hall–Kier alpha value is -2.44. The molecule has 118 valence electrons. The molecule has 0 unspecified atom stereocenters. The first-order valence-electron chi connectivity index (χ1n) is 7.09. The molecule has 0 aliphatic heterocycles. The lowest BCUT2D eigenvalue weighted by Gasteiger charge is -2.08. The number of aryl methyl sites for hydroxylation is 2. The summed E-state index contributed by atoms with van der Waals surface area (Å²) in [6.45, 7) is 3.75. The van der Waals surface area contributed by atoms with Crippen molar-refractivity contribution >= 4 is 22.9 Å². The van der Waals surface area contributed by atoms with Crippen molar-refractivity contribution < 1.29 is 14.3 Å². The van der Waals surface area contributed by atoms with Crippen LogP contribution in [0.1, 0.15) is 26.5 Å². The van der Waals surface area contributed by atoms with E-state index in [0.29, 0.717) is 17.0 Å². The Balaban J connectivity index is 1.80. The first-order valence-corrected chi connectivity index (χ1v) is 7.97. The highest BCUT2D eigenvalue weighted by Gasteiger charge is 2.14. The van der Waals surface area contributed by atoms with Crippen LogP contribution in [0.3, 0.4) is 0 Å². The summed E-state index contributed by atoms with van der Waals surface area (Å²) < 4.78 is 5.44. The number of aliphatic hydroxyl groups excluding tert-OH is 1. The van der Waals surface area contributed by atoms with E-state index in [-0.39, 0.29) is 12.5 Å². The van der Waals surface area contributed by atoms with E-state index in [2.05, 4.69) is 10.3 Å². The van der Waals surface area contributed by atoms with Crippen molar-refractivity contribution in [1.82, 2.24) is 4.98 Å². The number of amides is 1. The molecule has 0 saturated heterocycles. The van der Waals surface area contributed by atoms with Crippen LogP contribution in [0.5, 0.6) is 0 Å². The summed E-state index contributed by atoms with van der Waals surface area (Å²) in [5, 5.41) is 14.9. The van der Waals surface area contributed by atoms with Gasteiger partial charge in [-0.2, -0.15) is 0 Å². The van der Waals surface area contributed by atoms with E-state index in [4.69, 9.17) is 4.42 Å². The van der Waals surface area contributed by atoms with E-state index in [0.717, 1.165) is 21.8 Å². The van der Waals surface area contributed by atoms with E-state index in [1.807, 2.05) is 31.4 Å². The Bertz CT molecular complexity index is 851. The number of anilines is 1. The van der Waals surface area contributed by atoms with E-state index >= 15 is 0 Å². The zero-order chi connectivity index (χ0) is 16.4. The molecule has 2 aromatic heterocycles. The summed E-state index contributed by atoms with van der Waals surface area (Å²) in [6, 6.07) is 7.12. The molecule has 0 bridgehead atoms. The molecule has 0 atom stereocenters. The number of carbonyl (C=O) groups is 1. The van der Waals surface area contributed by atoms with E-state index in [1.54, 1.807) is 12.1 Å². The normalized spacial score (nSPS) is 10.7. The summed E-state index contributed by atoms with van der Waals surface area (Å²) in [7, 11) is 0. The summed E-state index contributed by atoms with van der Waals surface area (Å²) in [5.74, 6) is 0.311. The highest BCUT2D eigenvalue weighted by atomic mass is 32.1. The Kier molecular flexibility index (Phi) is 4.27. The van der Waals surface area contributed by atoms with Crippen molar-refractivity contribution in [3.8, 4) is 11.5 Å². The van der Waals surface area contributed by atoms with Crippen molar-refractivity contribution in [2.24, 2.45) is 0 Å². The van der Waals surface area contributed by atoms with Crippen LogP contribution >= 0.6 is 11.3 Å². The molecule has 3 aromatic rings. The standard InChI is InChI=1S/C17H16N2O3S/c1-10-3-4-12(7-20)5-14(10)19-17(21)13-6-16(22-8-13)15-9-23-11(2)18-15/h3-6,8-9,20H,7H2,1-2H3,(H,19,21). The number of furan rings is 1. The Morgan fingerprint density at radius 2 is 2.17 bits per heavy atom. The minimum atomic E-state index is -0.259. The van der Waals surface area contributed by atoms with Gasteiger partial charge in [0.05, 0.1) is 17.2 Å². The van der Waals surface area contributed by atoms with E-state index in [9.17, 15) is 9.90 Å². The largest absolute Gasteiger partial charge is 0.462 e. The molecule has 2 N–H and O–H groups in total. The number of aliphatic hydroxyl groups is 1. The van der Waals surface area contributed by atoms with Crippen LogP contribution in [-0.2, 0) is 6.61 Å². The number of hydrogen-bond acceptors (Lipinski definition) is 5. The van der Waals surface area contributed by atoms with E-state index in [1.165, 1.54) is 17.6 Å². The van der Waals surface area contributed by atoms with Crippen molar-refractivity contribution in [1.29, 1.82) is 0 Å². The zero-order valence-electron chi connectivity index (χ0n) is 12.8. The molecule has 1 aromatic carbocycles.